The third kappa shape index (κ3) is 3.05. The molecule has 0 spiro atoms. The van der Waals surface area contributed by atoms with Gasteiger partial charge in [-0.2, -0.15) is 0 Å². The summed E-state index contributed by atoms with van der Waals surface area (Å²) in [6.07, 6.45) is 1.22. The quantitative estimate of drug-likeness (QED) is 0.598. The first kappa shape index (κ1) is 11.1. The molecule has 0 saturated carbocycles. The maximum atomic E-state index is 11.5. The fourth-order valence-corrected chi connectivity index (χ4v) is 1.67. The van der Waals surface area contributed by atoms with Crippen molar-refractivity contribution in [2.75, 3.05) is 0 Å². The Labute approximate surface area is 87.7 Å². The van der Waals surface area contributed by atoms with E-state index in [0.29, 0.717) is 18.7 Å². The van der Waals surface area contributed by atoms with E-state index in [1.54, 1.807) is 5.38 Å². The van der Waals surface area contributed by atoms with Crippen LogP contribution >= 0.6 is 11.3 Å². The number of nitrogens with two attached hydrogens (primary N) is 1. The monoisotopic (exact) mass is 210 g/mol. The number of rotatable bonds is 5. The SMILES string of the molecule is C=C(C)CCC(=O)c1csc(CN)n1. The van der Waals surface area contributed by atoms with Gasteiger partial charge in [-0.3, -0.25) is 4.79 Å². The summed E-state index contributed by atoms with van der Waals surface area (Å²) in [7, 11) is 0. The van der Waals surface area contributed by atoms with Gasteiger partial charge < -0.3 is 5.73 Å². The number of hydrogen-bond donors (Lipinski definition) is 1. The number of allylic oxidation sites excluding steroid dienone is 1. The number of carbonyl (C=O) groups is 1. The molecule has 0 aliphatic heterocycles. The standard InChI is InChI=1S/C10H14N2OS/c1-7(2)3-4-9(13)8-6-14-10(5-11)12-8/h6H,1,3-5,11H2,2H3. The van der Waals surface area contributed by atoms with Crippen LogP contribution in [0.25, 0.3) is 0 Å². The van der Waals surface area contributed by atoms with Crippen LogP contribution in [-0.4, -0.2) is 10.8 Å². The summed E-state index contributed by atoms with van der Waals surface area (Å²) in [5, 5.41) is 2.58. The number of Topliss-reactive ketones (excluding diaryl/α,β-unsaturated/α-hetero) is 1. The third-order valence-electron chi connectivity index (χ3n) is 1.79. The second-order valence-electron chi connectivity index (χ2n) is 3.21. The van der Waals surface area contributed by atoms with Gasteiger partial charge in [0.2, 0.25) is 0 Å². The lowest BCUT2D eigenvalue weighted by molar-refractivity contribution is 0.0978. The molecule has 1 aromatic rings. The number of carbonyl (C=O) groups excluding carboxylic acids is 1. The number of thiazole rings is 1. The molecule has 0 aliphatic carbocycles. The molecule has 4 heteroatoms. The van der Waals surface area contributed by atoms with Crippen molar-refractivity contribution in [1.82, 2.24) is 4.98 Å². The molecule has 0 aliphatic rings. The van der Waals surface area contributed by atoms with Crippen molar-refractivity contribution in [2.24, 2.45) is 5.73 Å². The van der Waals surface area contributed by atoms with Gasteiger partial charge in [-0.1, -0.05) is 5.57 Å². The first-order valence-corrected chi connectivity index (χ1v) is 5.33. The van der Waals surface area contributed by atoms with E-state index in [0.717, 1.165) is 17.0 Å². The van der Waals surface area contributed by atoms with Crippen molar-refractivity contribution >= 4 is 17.1 Å². The average molecular weight is 210 g/mol. The summed E-state index contributed by atoms with van der Waals surface area (Å²) in [6, 6.07) is 0. The minimum Gasteiger partial charge on any atom is -0.325 e. The zero-order valence-corrected chi connectivity index (χ0v) is 9.06. The summed E-state index contributed by atoms with van der Waals surface area (Å²) >= 11 is 1.43. The summed E-state index contributed by atoms with van der Waals surface area (Å²) in [5.41, 5.74) is 6.97. The van der Waals surface area contributed by atoms with Crippen molar-refractivity contribution in [1.29, 1.82) is 0 Å². The van der Waals surface area contributed by atoms with Gasteiger partial charge in [0.05, 0.1) is 0 Å². The molecule has 0 fully saturated rings. The van der Waals surface area contributed by atoms with Gasteiger partial charge in [0.25, 0.3) is 0 Å². The van der Waals surface area contributed by atoms with Gasteiger partial charge in [-0.15, -0.1) is 17.9 Å². The van der Waals surface area contributed by atoms with Gasteiger partial charge in [-0.25, -0.2) is 4.98 Å². The van der Waals surface area contributed by atoms with E-state index in [9.17, 15) is 4.79 Å². The minimum absolute atomic E-state index is 0.0731. The van der Waals surface area contributed by atoms with Crippen LogP contribution in [-0.2, 0) is 6.54 Å². The summed E-state index contributed by atoms with van der Waals surface area (Å²) in [6.45, 7) is 6.07. The second-order valence-corrected chi connectivity index (χ2v) is 4.15. The van der Waals surface area contributed by atoms with E-state index in [2.05, 4.69) is 11.6 Å². The number of nitrogens with zero attached hydrogens (tertiary/aromatic N) is 1. The Balaban J connectivity index is 2.56. The zero-order valence-electron chi connectivity index (χ0n) is 8.25. The van der Waals surface area contributed by atoms with Crippen molar-refractivity contribution in [3.63, 3.8) is 0 Å². The van der Waals surface area contributed by atoms with Crippen LogP contribution in [0.3, 0.4) is 0 Å². The summed E-state index contributed by atoms with van der Waals surface area (Å²) < 4.78 is 0. The number of ketones is 1. The molecule has 76 valence electrons. The number of aromatic nitrogens is 1. The minimum atomic E-state index is 0.0731. The highest BCUT2D eigenvalue weighted by Gasteiger charge is 2.09. The first-order valence-electron chi connectivity index (χ1n) is 4.45. The lowest BCUT2D eigenvalue weighted by Gasteiger charge is -1.96. The van der Waals surface area contributed by atoms with Crippen LogP contribution in [0.5, 0.6) is 0 Å². The van der Waals surface area contributed by atoms with E-state index in [4.69, 9.17) is 5.73 Å². The van der Waals surface area contributed by atoms with Crippen molar-refractivity contribution in [2.45, 2.75) is 26.3 Å². The van der Waals surface area contributed by atoms with Crippen molar-refractivity contribution < 1.29 is 4.79 Å². The van der Waals surface area contributed by atoms with Crippen LogP contribution in [0.2, 0.25) is 0 Å². The fraction of sp³-hybridized carbons (Fsp3) is 0.400. The largest absolute Gasteiger partial charge is 0.325 e. The Hall–Kier alpha value is -1.00. The van der Waals surface area contributed by atoms with Crippen LogP contribution in [0.15, 0.2) is 17.5 Å². The summed E-state index contributed by atoms with van der Waals surface area (Å²) in [5.74, 6) is 0.0731. The highest BCUT2D eigenvalue weighted by molar-refractivity contribution is 7.09. The first-order chi connectivity index (χ1) is 6.63. The molecule has 0 atom stereocenters. The van der Waals surface area contributed by atoms with Crippen molar-refractivity contribution in [3.8, 4) is 0 Å². The maximum absolute atomic E-state index is 11.5. The van der Waals surface area contributed by atoms with Gasteiger partial charge in [0, 0.05) is 18.3 Å². The van der Waals surface area contributed by atoms with Crippen LogP contribution in [0.4, 0.5) is 0 Å². The van der Waals surface area contributed by atoms with Gasteiger partial charge >= 0.3 is 0 Å². The van der Waals surface area contributed by atoms with Gasteiger partial charge in [0.1, 0.15) is 10.7 Å². The van der Waals surface area contributed by atoms with Gasteiger partial charge in [-0.05, 0) is 13.3 Å². The molecule has 1 aromatic heterocycles. The average Bonchev–Trinajstić information content (AvgIpc) is 2.62. The predicted octanol–water partition coefficient (Wildman–Crippen LogP) is 2.14. The summed E-state index contributed by atoms with van der Waals surface area (Å²) in [4.78, 5) is 15.7. The smallest absolute Gasteiger partial charge is 0.182 e. The van der Waals surface area contributed by atoms with Crippen LogP contribution in [0, 0.1) is 0 Å². The fourth-order valence-electron chi connectivity index (χ4n) is 0.988. The zero-order chi connectivity index (χ0) is 10.6. The van der Waals surface area contributed by atoms with E-state index < -0.39 is 0 Å². The van der Waals surface area contributed by atoms with E-state index >= 15 is 0 Å². The lowest BCUT2D eigenvalue weighted by Crippen LogP contribution is -2.01. The molecule has 0 amide bonds. The Morgan fingerprint density at radius 2 is 2.36 bits per heavy atom. The van der Waals surface area contributed by atoms with E-state index in [1.807, 2.05) is 6.92 Å². The maximum Gasteiger partial charge on any atom is 0.182 e. The molecular weight excluding hydrogens is 196 g/mol. The molecule has 0 unspecified atom stereocenters. The normalized spacial score (nSPS) is 10.1. The molecular formula is C10H14N2OS. The molecule has 0 radical (unpaired) electrons. The van der Waals surface area contributed by atoms with Crippen LogP contribution < -0.4 is 5.73 Å². The Morgan fingerprint density at radius 1 is 1.64 bits per heavy atom. The topological polar surface area (TPSA) is 56.0 Å². The van der Waals surface area contributed by atoms with Crippen LogP contribution in [0.1, 0.15) is 35.3 Å². The number of hydrogen-bond acceptors (Lipinski definition) is 4. The van der Waals surface area contributed by atoms with Gasteiger partial charge in [0.15, 0.2) is 5.78 Å². The molecule has 0 saturated heterocycles. The third-order valence-corrected chi connectivity index (χ3v) is 2.66. The second kappa shape index (κ2) is 5.02. The molecule has 1 rings (SSSR count). The molecule has 2 N–H and O–H groups in total. The molecule has 14 heavy (non-hydrogen) atoms. The van der Waals surface area contributed by atoms with E-state index in [-0.39, 0.29) is 5.78 Å². The molecule has 3 nitrogen and oxygen atoms in total. The molecule has 1 heterocycles. The highest BCUT2D eigenvalue weighted by Crippen LogP contribution is 2.12. The Bertz CT molecular complexity index is 344. The Morgan fingerprint density at radius 3 is 2.86 bits per heavy atom. The predicted molar refractivity (Wildman–Crippen MR) is 58.4 cm³/mol. The lowest BCUT2D eigenvalue weighted by atomic mass is 10.1. The van der Waals surface area contributed by atoms with E-state index in [1.165, 1.54) is 11.3 Å². The Kier molecular flexibility index (Phi) is 3.98. The highest BCUT2D eigenvalue weighted by atomic mass is 32.1. The van der Waals surface area contributed by atoms with Crippen molar-refractivity contribution in [3.05, 3.63) is 28.2 Å². The molecule has 0 bridgehead atoms. The molecule has 0 aromatic carbocycles.